The molecule has 0 aliphatic carbocycles. The number of piperazine rings is 1. The fraction of sp³-hybridized carbons (Fsp3) is 0.500. The first kappa shape index (κ1) is 13.1. The van der Waals surface area contributed by atoms with Gasteiger partial charge in [0, 0.05) is 39.4 Å². The maximum absolute atomic E-state index is 12.3. The molecular weight excluding hydrogens is 256 g/mol. The number of nitrogens with one attached hydrogen (secondary N) is 1. The number of hydrogen-bond acceptors (Lipinski definition) is 4. The van der Waals surface area contributed by atoms with Gasteiger partial charge < -0.3 is 15.6 Å². The van der Waals surface area contributed by atoms with Crippen LogP contribution in [0.1, 0.15) is 10.5 Å². The van der Waals surface area contributed by atoms with E-state index in [0.717, 1.165) is 0 Å². The van der Waals surface area contributed by atoms with Crippen molar-refractivity contribution >= 4 is 15.9 Å². The van der Waals surface area contributed by atoms with E-state index in [1.165, 1.54) is 21.1 Å². The van der Waals surface area contributed by atoms with Gasteiger partial charge >= 0.3 is 0 Å². The number of carbonyl (C=O) groups excluding carboxylic acids is 1. The molecule has 100 valence electrons. The summed E-state index contributed by atoms with van der Waals surface area (Å²) in [5, 5.41) is 3.09. The number of carbonyl (C=O) groups is 1. The summed E-state index contributed by atoms with van der Waals surface area (Å²) in [6.07, 6.45) is 1.41. The highest BCUT2D eigenvalue weighted by molar-refractivity contribution is 7.89. The normalized spacial score (nSPS) is 17.8. The van der Waals surface area contributed by atoms with Crippen LogP contribution in [0, 0.1) is 0 Å². The van der Waals surface area contributed by atoms with E-state index in [2.05, 4.69) is 5.32 Å². The minimum atomic E-state index is -3.53. The Morgan fingerprint density at radius 1 is 1.39 bits per heavy atom. The quantitative estimate of drug-likeness (QED) is 0.716. The van der Waals surface area contributed by atoms with E-state index in [9.17, 15) is 13.2 Å². The van der Waals surface area contributed by atoms with Crippen molar-refractivity contribution in [2.75, 3.05) is 26.2 Å². The van der Waals surface area contributed by atoms with Gasteiger partial charge in [0.05, 0.1) is 0 Å². The van der Waals surface area contributed by atoms with Gasteiger partial charge in [0.15, 0.2) is 0 Å². The first-order valence-electron chi connectivity index (χ1n) is 5.60. The van der Waals surface area contributed by atoms with E-state index in [1.807, 2.05) is 0 Å². The molecule has 1 aromatic heterocycles. The van der Waals surface area contributed by atoms with Gasteiger partial charge in [0.2, 0.25) is 10.0 Å². The Labute approximate surface area is 106 Å². The first-order chi connectivity index (χ1) is 8.43. The van der Waals surface area contributed by atoms with Crippen molar-refractivity contribution in [2.45, 2.75) is 4.90 Å². The SMILES string of the molecule is Cn1cc(S(=O)(=O)N2CCNCC2)cc1C(N)=O. The molecule has 1 fully saturated rings. The van der Waals surface area contributed by atoms with Crippen LogP contribution < -0.4 is 11.1 Å². The Balaban J connectivity index is 2.35. The molecule has 0 aromatic carbocycles. The van der Waals surface area contributed by atoms with Crippen molar-refractivity contribution in [3.8, 4) is 0 Å². The molecule has 8 heteroatoms. The number of sulfonamides is 1. The molecule has 1 aliphatic heterocycles. The van der Waals surface area contributed by atoms with E-state index >= 15 is 0 Å². The van der Waals surface area contributed by atoms with E-state index in [0.29, 0.717) is 26.2 Å². The molecule has 7 nitrogen and oxygen atoms in total. The molecule has 0 saturated carbocycles. The third-order valence-corrected chi connectivity index (χ3v) is 4.81. The highest BCUT2D eigenvalue weighted by Crippen LogP contribution is 2.18. The lowest BCUT2D eigenvalue weighted by molar-refractivity contribution is 0.0992. The Morgan fingerprint density at radius 3 is 2.50 bits per heavy atom. The van der Waals surface area contributed by atoms with Gasteiger partial charge in [0.1, 0.15) is 10.6 Å². The number of nitrogens with zero attached hydrogens (tertiary/aromatic N) is 2. The van der Waals surface area contributed by atoms with Gasteiger partial charge in [0.25, 0.3) is 5.91 Å². The fourth-order valence-corrected chi connectivity index (χ4v) is 3.47. The van der Waals surface area contributed by atoms with Crippen LogP contribution in [0.4, 0.5) is 0 Å². The average Bonchev–Trinajstić information content (AvgIpc) is 2.73. The number of rotatable bonds is 3. The number of aromatic nitrogens is 1. The van der Waals surface area contributed by atoms with Crippen LogP contribution in [0.15, 0.2) is 17.2 Å². The molecule has 1 amide bonds. The molecule has 2 rings (SSSR count). The zero-order chi connectivity index (χ0) is 13.3. The van der Waals surface area contributed by atoms with Crippen LogP contribution in [0.2, 0.25) is 0 Å². The summed E-state index contributed by atoms with van der Waals surface area (Å²) in [4.78, 5) is 11.2. The molecule has 0 atom stereocenters. The highest BCUT2D eigenvalue weighted by atomic mass is 32.2. The molecule has 0 bridgehead atoms. The zero-order valence-corrected chi connectivity index (χ0v) is 10.9. The van der Waals surface area contributed by atoms with Gasteiger partial charge in [-0.1, -0.05) is 0 Å². The number of hydrogen-bond donors (Lipinski definition) is 2. The summed E-state index contributed by atoms with van der Waals surface area (Å²) in [7, 11) is -1.94. The molecule has 0 unspecified atom stereocenters. The summed E-state index contributed by atoms with van der Waals surface area (Å²) in [5.74, 6) is -0.640. The van der Waals surface area contributed by atoms with Crippen molar-refractivity contribution in [3.63, 3.8) is 0 Å². The molecule has 0 spiro atoms. The van der Waals surface area contributed by atoms with Gasteiger partial charge in [-0.25, -0.2) is 8.42 Å². The van der Waals surface area contributed by atoms with E-state index in [-0.39, 0.29) is 10.6 Å². The molecule has 0 radical (unpaired) electrons. The Morgan fingerprint density at radius 2 is 2.00 bits per heavy atom. The van der Waals surface area contributed by atoms with Gasteiger partial charge in [-0.15, -0.1) is 0 Å². The lowest BCUT2D eigenvalue weighted by atomic mass is 10.4. The van der Waals surface area contributed by atoms with E-state index < -0.39 is 15.9 Å². The predicted molar refractivity (Wildman–Crippen MR) is 65.6 cm³/mol. The number of amides is 1. The third-order valence-electron chi connectivity index (χ3n) is 2.95. The predicted octanol–water partition coefficient (Wildman–Crippen LogP) is -1.28. The molecule has 1 aliphatic rings. The highest BCUT2D eigenvalue weighted by Gasteiger charge is 2.27. The minimum absolute atomic E-state index is 0.112. The van der Waals surface area contributed by atoms with Crippen LogP contribution in [0.3, 0.4) is 0 Å². The number of nitrogens with two attached hydrogens (primary N) is 1. The smallest absolute Gasteiger partial charge is 0.265 e. The van der Waals surface area contributed by atoms with E-state index in [4.69, 9.17) is 5.73 Å². The van der Waals surface area contributed by atoms with Crippen LogP contribution in [0.5, 0.6) is 0 Å². The summed E-state index contributed by atoms with van der Waals surface area (Å²) in [6.45, 7) is 2.13. The second-order valence-corrected chi connectivity index (χ2v) is 6.13. The van der Waals surface area contributed by atoms with Crippen LogP contribution in [-0.4, -0.2) is 49.4 Å². The third kappa shape index (κ3) is 2.26. The Bertz CT molecular complexity index is 558. The first-order valence-corrected chi connectivity index (χ1v) is 7.04. The van der Waals surface area contributed by atoms with Crippen molar-refractivity contribution in [3.05, 3.63) is 18.0 Å². The summed E-state index contributed by atoms with van der Waals surface area (Å²) < 4.78 is 27.5. The van der Waals surface area contributed by atoms with E-state index in [1.54, 1.807) is 7.05 Å². The summed E-state index contributed by atoms with van der Waals surface area (Å²) in [6, 6.07) is 1.32. The molecule has 1 aromatic rings. The van der Waals surface area contributed by atoms with Crippen molar-refractivity contribution in [1.29, 1.82) is 0 Å². The second-order valence-electron chi connectivity index (χ2n) is 4.19. The number of primary amides is 1. The van der Waals surface area contributed by atoms with Crippen LogP contribution in [0.25, 0.3) is 0 Å². The largest absolute Gasteiger partial charge is 0.364 e. The molecule has 18 heavy (non-hydrogen) atoms. The average molecular weight is 272 g/mol. The monoisotopic (exact) mass is 272 g/mol. The van der Waals surface area contributed by atoms with Gasteiger partial charge in [-0.05, 0) is 6.07 Å². The molecule has 2 heterocycles. The lowest BCUT2D eigenvalue weighted by Crippen LogP contribution is -2.46. The Hall–Kier alpha value is -1.38. The Kier molecular flexibility index (Phi) is 3.42. The fourth-order valence-electron chi connectivity index (χ4n) is 1.95. The lowest BCUT2D eigenvalue weighted by Gasteiger charge is -2.26. The minimum Gasteiger partial charge on any atom is -0.364 e. The summed E-state index contributed by atoms with van der Waals surface area (Å²) in [5.41, 5.74) is 5.36. The van der Waals surface area contributed by atoms with Crippen LogP contribution >= 0.6 is 0 Å². The molecule has 1 saturated heterocycles. The summed E-state index contributed by atoms with van der Waals surface area (Å²) >= 11 is 0. The van der Waals surface area contributed by atoms with Crippen molar-refractivity contribution < 1.29 is 13.2 Å². The van der Waals surface area contributed by atoms with Crippen molar-refractivity contribution in [1.82, 2.24) is 14.2 Å². The van der Waals surface area contributed by atoms with Gasteiger partial charge in [-0.3, -0.25) is 4.79 Å². The molecule has 3 N–H and O–H groups in total. The van der Waals surface area contributed by atoms with Crippen molar-refractivity contribution in [2.24, 2.45) is 12.8 Å². The maximum atomic E-state index is 12.3. The number of aryl methyl sites for hydroxylation is 1. The topological polar surface area (TPSA) is 97.4 Å². The molecular formula is C10H16N4O3S. The maximum Gasteiger partial charge on any atom is 0.265 e. The van der Waals surface area contributed by atoms with Crippen LogP contribution in [-0.2, 0) is 17.1 Å². The zero-order valence-electron chi connectivity index (χ0n) is 10.1. The van der Waals surface area contributed by atoms with Gasteiger partial charge in [-0.2, -0.15) is 4.31 Å². The standard InChI is InChI=1S/C10H16N4O3S/c1-13-7-8(6-9(13)10(11)15)18(16,17)14-4-2-12-3-5-14/h6-7,12H,2-5H2,1H3,(H2,11,15). The second kappa shape index (κ2) is 4.71.